The highest BCUT2D eigenvalue weighted by Crippen LogP contribution is 2.06. The molecule has 0 bridgehead atoms. The minimum Gasteiger partial charge on any atom is -0.382 e. The third-order valence-corrected chi connectivity index (χ3v) is 4.20. The maximum absolute atomic E-state index is 3.94. The van der Waals surface area contributed by atoms with Crippen molar-refractivity contribution in [2.24, 2.45) is 4.99 Å². The summed E-state index contributed by atoms with van der Waals surface area (Å²) in [5.74, 6) is 0. The van der Waals surface area contributed by atoms with Crippen molar-refractivity contribution in [2.75, 3.05) is 41.8 Å². The Bertz CT molecular complexity index is 580. The van der Waals surface area contributed by atoms with Gasteiger partial charge in [-0.25, -0.2) is 0 Å². The number of benzene rings is 1. The van der Waals surface area contributed by atoms with Gasteiger partial charge in [0, 0.05) is 39.6 Å². The van der Waals surface area contributed by atoms with Gasteiger partial charge in [0.25, 0.3) is 0 Å². The fourth-order valence-electron chi connectivity index (χ4n) is 2.07. The van der Waals surface area contributed by atoms with Crippen LogP contribution in [-0.2, 0) is 0 Å². The molecule has 0 radical (unpaired) electrons. The van der Waals surface area contributed by atoms with Crippen LogP contribution in [0.1, 0.15) is 105 Å². The molecule has 0 amide bonds. The van der Waals surface area contributed by atoms with Crippen LogP contribution >= 0.6 is 0 Å². The number of hydrogen-bond donors (Lipinski definition) is 0. The molecular formula is C33H65N3. The highest BCUT2D eigenvalue weighted by Gasteiger charge is 1.91. The summed E-state index contributed by atoms with van der Waals surface area (Å²) >= 11 is 0. The topological polar surface area (TPSA) is 18.8 Å². The minimum absolute atomic E-state index is 0.972. The molecule has 1 rings (SSSR count). The molecule has 0 unspecified atom stereocenters. The molecule has 0 N–H and O–H groups in total. The van der Waals surface area contributed by atoms with Gasteiger partial charge in [0.2, 0.25) is 0 Å². The number of hydrogen-bond acceptors (Lipinski definition) is 3. The molecule has 0 aliphatic carbocycles. The van der Waals surface area contributed by atoms with Crippen LogP contribution in [0.2, 0.25) is 0 Å². The Balaban J connectivity index is -0.000000115. The van der Waals surface area contributed by atoms with Gasteiger partial charge < -0.3 is 9.80 Å². The van der Waals surface area contributed by atoms with E-state index >= 15 is 0 Å². The molecule has 0 fully saturated rings. The van der Waals surface area contributed by atoms with Crippen LogP contribution in [0.3, 0.4) is 0 Å². The summed E-state index contributed by atoms with van der Waals surface area (Å²) in [4.78, 5) is 7.98. The van der Waals surface area contributed by atoms with E-state index in [1.54, 1.807) is 7.05 Å². The summed E-state index contributed by atoms with van der Waals surface area (Å²) in [6.45, 7) is 26.7. The fraction of sp³-hybridized carbons (Fsp3) is 0.606. The SMILES string of the molecule is C=C(C)N(C)C.C=CCN(C)C.C=Cc1ccccc1C=NC.CC.CCC.CCCCCCCC. The smallest absolute Gasteiger partial charge is 0.0287 e. The first kappa shape index (κ1) is 43.9. The van der Waals surface area contributed by atoms with Crippen molar-refractivity contribution in [3.05, 3.63) is 66.9 Å². The monoisotopic (exact) mass is 504 g/mol. The Hall–Kier alpha value is -2.13. The van der Waals surface area contributed by atoms with Crippen molar-refractivity contribution < 1.29 is 0 Å². The first-order valence-electron chi connectivity index (χ1n) is 13.8. The van der Waals surface area contributed by atoms with Crippen molar-refractivity contribution in [3.63, 3.8) is 0 Å². The summed E-state index contributed by atoms with van der Waals surface area (Å²) in [6, 6.07) is 8.02. The molecule has 0 heterocycles. The molecule has 0 atom stereocenters. The first-order valence-corrected chi connectivity index (χ1v) is 13.8. The van der Waals surface area contributed by atoms with Crippen LogP contribution in [0.5, 0.6) is 0 Å². The molecule has 0 aliphatic rings. The molecule has 1 aromatic rings. The van der Waals surface area contributed by atoms with E-state index in [9.17, 15) is 0 Å². The zero-order valence-corrected chi connectivity index (χ0v) is 26.7. The first-order chi connectivity index (χ1) is 17.1. The summed E-state index contributed by atoms with van der Waals surface area (Å²) in [7, 11) is 9.74. The molecule has 212 valence electrons. The van der Waals surface area contributed by atoms with E-state index in [0.29, 0.717) is 0 Å². The molecule has 0 aromatic heterocycles. The van der Waals surface area contributed by atoms with Gasteiger partial charge in [0.05, 0.1) is 0 Å². The molecule has 0 saturated heterocycles. The Labute approximate surface area is 229 Å². The van der Waals surface area contributed by atoms with Crippen LogP contribution in [0.15, 0.2) is 60.8 Å². The van der Waals surface area contributed by atoms with Gasteiger partial charge in [-0.05, 0) is 32.1 Å². The summed E-state index contributed by atoms with van der Waals surface area (Å²) < 4.78 is 0. The predicted molar refractivity (Wildman–Crippen MR) is 174 cm³/mol. The average molecular weight is 504 g/mol. The molecule has 0 aliphatic heterocycles. The summed E-state index contributed by atoms with van der Waals surface area (Å²) in [5, 5.41) is 0. The number of rotatable bonds is 10. The fourth-order valence-corrected chi connectivity index (χ4v) is 2.07. The summed E-state index contributed by atoms with van der Waals surface area (Å²) in [6.07, 6.45) is 15.3. The van der Waals surface area contributed by atoms with E-state index in [0.717, 1.165) is 23.4 Å². The van der Waals surface area contributed by atoms with E-state index < -0.39 is 0 Å². The summed E-state index contributed by atoms with van der Waals surface area (Å²) in [5.41, 5.74) is 3.33. The zero-order chi connectivity index (χ0) is 29.2. The van der Waals surface area contributed by atoms with E-state index in [1.807, 2.05) is 96.5 Å². The second-order valence-corrected chi connectivity index (χ2v) is 8.52. The number of aliphatic imine (C=N–C) groups is 1. The van der Waals surface area contributed by atoms with E-state index in [1.165, 1.54) is 44.9 Å². The third-order valence-electron chi connectivity index (χ3n) is 4.20. The second kappa shape index (κ2) is 40.1. The van der Waals surface area contributed by atoms with Gasteiger partial charge in [-0.15, -0.1) is 6.58 Å². The standard InChI is InChI=1S/C10H11N.C8H18.2C5H11N.C3H8.C2H6/c1-3-9-6-4-5-7-10(9)8-11-2;1-3-5-7-8-6-4-2;1-5(2)6(3)4;1-4-5-6(2)3;1-3-2;1-2/h3-8H,1H2,2H3;3-8H2,1-2H3;1H2,2-4H3;4H,1,5H2,2-3H3;3H2,1-2H3;1-2H3. The Kier molecular flexibility index (Phi) is 48.9. The lowest BCUT2D eigenvalue weighted by atomic mass is 10.1. The van der Waals surface area contributed by atoms with Crippen molar-refractivity contribution in [3.8, 4) is 0 Å². The quantitative estimate of drug-likeness (QED) is 0.180. The van der Waals surface area contributed by atoms with Crippen LogP contribution < -0.4 is 0 Å². The number of allylic oxidation sites excluding steroid dienone is 1. The van der Waals surface area contributed by atoms with Crippen molar-refractivity contribution in [2.45, 2.75) is 93.4 Å². The highest BCUT2D eigenvalue weighted by molar-refractivity contribution is 5.85. The lowest BCUT2D eigenvalue weighted by Crippen LogP contribution is -2.09. The van der Waals surface area contributed by atoms with Crippen LogP contribution in [-0.4, -0.2) is 57.8 Å². The van der Waals surface area contributed by atoms with Crippen LogP contribution in [0, 0.1) is 0 Å². The lowest BCUT2D eigenvalue weighted by Gasteiger charge is -2.08. The van der Waals surface area contributed by atoms with Crippen LogP contribution in [0.4, 0.5) is 0 Å². The molecule has 0 spiro atoms. The zero-order valence-electron chi connectivity index (χ0n) is 26.7. The maximum Gasteiger partial charge on any atom is 0.0287 e. The molecule has 3 nitrogen and oxygen atoms in total. The van der Waals surface area contributed by atoms with E-state index in [-0.39, 0.29) is 0 Å². The van der Waals surface area contributed by atoms with Gasteiger partial charge in [-0.2, -0.15) is 0 Å². The normalized spacial score (nSPS) is 8.81. The Morgan fingerprint density at radius 1 is 0.833 bits per heavy atom. The van der Waals surface area contributed by atoms with Gasteiger partial charge in [0.15, 0.2) is 0 Å². The van der Waals surface area contributed by atoms with Gasteiger partial charge >= 0.3 is 0 Å². The van der Waals surface area contributed by atoms with Crippen molar-refractivity contribution in [1.29, 1.82) is 0 Å². The van der Waals surface area contributed by atoms with Gasteiger partial charge in [-0.3, -0.25) is 4.99 Å². The molecule has 36 heavy (non-hydrogen) atoms. The lowest BCUT2D eigenvalue weighted by molar-refractivity contribution is 0.457. The molecule has 0 saturated carbocycles. The predicted octanol–water partition coefficient (Wildman–Crippen LogP) is 10.0. The maximum atomic E-state index is 3.94. The Morgan fingerprint density at radius 2 is 1.22 bits per heavy atom. The Morgan fingerprint density at radius 3 is 1.44 bits per heavy atom. The van der Waals surface area contributed by atoms with E-state index in [2.05, 4.69) is 57.3 Å². The number of likely N-dealkylation sites (N-methyl/N-ethyl adjacent to an activating group) is 1. The molecule has 1 aromatic carbocycles. The molecular weight excluding hydrogens is 438 g/mol. The van der Waals surface area contributed by atoms with Crippen molar-refractivity contribution >= 4 is 12.3 Å². The minimum atomic E-state index is 0.972. The van der Waals surface area contributed by atoms with Crippen molar-refractivity contribution in [1.82, 2.24) is 9.80 Å². The van der Waals surface area contributed by atoms with Gasteiger partial charge in [-0.1, -0.05) is 136 Å². The van der Waals surface area contributed by atoms with Gasteiger partial charge in [0.1, 0.15) is 0 Å². The number of nitrogens with zero attached hydrogens (tertiary/aromatic N) is 3. The third kappa shape index (κ3) is 45.4. The largest absolute Gasteiger partial charge is 0.382 e. The second-order valence-electron chi connectivity index (χ2n) is 8.52. The highest BCUT2D eigenvalue weighted by atomic mass is 15.1. The number of unbranched alkanes of at least 4 members (excludes halogenated alkanes) is 5. The van der Waals surface area contributed by atoms with Crippen LogP contribution in [0.25, 0.3) is 6.08 Å². The van der Waals surface area contributed by atoms with E-state index in [4.69, 9.17) is 0 Å². The average Bonchev–Trinajstić information content (AvgIpc) is 2.85. The molecule has 3 heteroatoms.